The molecule has 1 saturated heterocycles. The van der Waals surface area contributed by atoms with E-state index in [1.807, 2.05) is 66.2 Å². The van der Waals surface area contributed by atoms with Gasteiger partial charge in [-0.25, -0.2) is 9.48 Å². The highest BCUT2D eigenvalue weighted by Crippen LogP contribution is 2.30. The summed E-state index contributed by atoms with van der Waals surface area (Å²) in [5.41, 5.74) is 3.58. The number of aromatic nitrogens is 2. The molecule has 9 heteroatoms. The molecule has 0 saturated carbocycles. The number of carbonyl (C=O) groups is 2. The molecule has 180 valence electrons. The van der Waals surface area contributed by atoms with Crippen LogP contribution in [0.25, 0.3) is 15.9 Å². The van der Waals surface area contributed by atoms with Crippen molar-refractivity contribution in [1.29, 1.82) is 0 Å². The predicted octanol–water partition coefficient (Wildman–Crippen LogP) is 4.02. The number of hydrogen-bond acceptors (Lipinski definition) is 7. The van der Waals surface area contributed by atoms with Crippen LogP contribution < -0.4 is 5.32 Å². The third kappa shape index (κ3) is 5.43. The first-order valence-corrected chi connectivity index (χ1v) is 12.3. The number of aryl methyl sites for hydroxylation is 1. The van der Waals surface area contributed by atoms with Crippen LogP contribution in [-0.2, 0) is 20.8 Å². The summed E-state index contributed by atoms with van der Waals surface area (Å²) in [7, 11) is 0. The summed E-state index contributed by atoms with van der Waals surface area (Å²) in [6.07, 6.45) is 0. The number of hydrogen-bond donors (Lipinski definition) is 1. The van der Waals surface area contributed by atoms with Crippen LogP contribution in [0.3, 0.4) is 0 Å². The molecule has 8 nitrogen and oxygen atoms in total. The third-order valence-electron chi connectivity index (χ3n) is 5.83. The van der Waals surface area contributed by atoms with Crippen molar-refractivity contribution in [3.05, 3.63) is 76.8 Å². The summed E-state index contributed by atoms with van der Waals surface area (Å²) >= 11 is 1.30. The standard InChI is InChI=1S/C26H26N4O4S/c1-18-22-15-23(35-25(22)30(28-18)21-5-3-2-4-6-21)26(32)34-17-24(31)27-20-9-7-19(8-10-20)16-29-11-13-33-14-12-29/h2-10,15H,11-14,16-17H2,1H3,(H,27,31). The Balaban J connectivity index is 1.17. The van der Waals surface area contributed by atoms with Gasteiger partial charge in [0, 0.05) is 30.7 Å². The van der Waals surface area contributed by atoms with Crippen molar-refractivity contribution in [3.63, 3.8) is 0 Å². The molecule has 1 N–H and O–H groups in total. The third-order valence-corrected chi connectivity index (χ3v) is 6.92. The molecule has 1 fully saturated rings. The minimum absolute atomic E-state index is 0.355. The van der Waals surface area contributed by atoms with Crippen LogP contribution in [-0.4, -0.2) is 59.5 Å². The molecule has 0 bridgehead atoms. The van der Waals surface area contributed by atoms with E-state index in [1.54, 1.807) is 6.07 Å². The van der Waals surface area contributed by atoms with E-state index in [1.165, 1.54) is 16.9 Å². The van der Waals surface area contributed by atoms with Crippen LogP contribution in [0, 0.1) is 6.92 Å². The van der Waals surface area contributed by atoms with Crippen molar-refractivity contribution in [2.24, 2.45) is 0 Å². The van der Waals surface area contributed by atoms with Gasteiger partial charge in [-0.2, -0.15) is 5.10 Å². The van der Waals surface area contributed by atoms with Crippen LogP contribution in [0.1, 0.15) is 20.9 Å². The molecule has 35 heavy (non-hydrogen) atoms. The Bertz CT molecular complexity index is 1320. The second-order valence-electron chi connectivity index (χ2n) is 8.37. The lowest BCUT2D eigenvalue weighted by atomic mass is 10.2. The van der Waals surface area contributed by atoms with E-state index >= 15 is 0 Å². The van der Waals surface area contributed by atoms with E-state index in [0.29, 0.717) is 10.6 Å². The lowest BCUT2D eigenvalue weighted by Gasteiger charge is -2.26. The first-order valence-electron chi connectivity index (χ1n) is 11.5. The van der Waals surface area contributed by atoms with Gasteiger partial charge in [-0.3, -0.25) is 9.69 Å². The SMILES string of the molecule is Cc1nn(-c2ccccc2)c2sc(C(=O)OCC(=O)Nc3ccc(CN4CCOCC4)cc3)cc12. The maximum Gasteiger partial charge on any atom is 0.348 e. The van der Waals surface area contributed by atoms with Crippen molar-refractivity contribution in [1.82, 2.24) is 14.7 Å². The topological polar surface area (TPSA) is 85.7 Å². The van der Waals surface area contributed by atoms with Crippen molar-refractivity contribution in [3.8, 4) is 5.69 Å². The molecule has 0 radical (unpaired) electrons. The Morgan fingerprint density at radius 3 is 2.57 bits per heavy atom. The second kappa shape index (κ2) is 10.4. The van der Waals surface area contributed by atoms with Crippen molar-refractivity contribution in [2.45, 2.75) is 13.5 Å². The zero-order valence-corrected chi connectivity index (χ0v) is 20.2. The molecule has 0 unspecified atom stereocenters. The molecule has 1 aliphatic rings. The molecule has 2 aromatic heterocycles. The van der Waals surface area contributed by atoms with Crippen LogP contribution >= 0.6 is 11.3 Å². The van der Waals surface area contributed by atoms with E-state index < -0.39 is 5.97 Å². The number of anilines is 1. The van der Waals surface area contributed by atoms with Crippen molar-refractivity contribution in [2.75, 3.05) is 38.2 Å². The smallest absolute Gasteiger partial charge is 0.348 e. The summed E-state index contributed by atoms with van der Waals surface area (Å²) in [4.78, 5) is 28.6. The molecule has 1 amide bonds. The Hall–Kier alpha value is -3.53. The largest absolute Gasteiger partial charge is 0.451 e. The monoisotopic (exact) mass is 490 g/mol. The van der Waals surface area contributed by atoms with Gasteiger partial charge in [0.25, 0.3) is 5.91 Å². The highest BCUT2D eigenvalue weighted by atomic mass is 32.1. The van der Waals surface area contributed by atoms with Gasteiger partial charge in [-0.15, -0.1) is 11.3 Å². The number of rotatable bonds is 7. The van der Waals surface area contributed by atoms with Crippen molar-refractivity contribution < 1.29 is 19.1 Å². The van der Waals surface area contributed by atoms with Gasteiger partial charge in [-0.1, -0.05) is 30.3 Å². The molecule has 2 aromatic carbocycles. The fourth-order valence-electron chi connectivity index (χ4n) is 4.00. The van der Waals surface area contributed by atoms with E-state index in [4.69, 9.17) is 9.47 Å². The number of benzene rings is 2. The van der Waals surface area contributed by atoms with E-state index in [-0.39, 0.29) is 12.5 Å². The Morgan fingerprint density at radius 2 is 1.83 bits per heavy atom. The van der Waals surface area contributed by atoms with Gasteiger partial charge < -0.3 is 14.8 Å². The number of amides is 1. The summed E-state index contributed by atoms with van der Waals surface area (Å²) in [6.45, 7) is 5.78. The fourth-order valence-corrected chi connectivity index (χ4v) is 5.08. The summed E-state index contributed by atoms with van der Waals surface area (Å²) in [5, 5.41) is 8.26. The number of nitrogens with zero attached hydrogens (tertiary/aromatic N) is 3. The maximum absolute atomic E-state index is 12.6. The Labute approximate surface area is 207 Å². The number of morpholine rings is 1. The first-order chi connectivity index (χ1) is 17.1. The minimum atomic E-state index is -0.527. The Morgan fingerprint density at radius 1 is 1.09 bits per heavy atom. The average Bonchev–Trinajstić information content (AvgIpc) is 3.45. The lowest BCUT2D eigenvalue weighted by Crippen LogP contribution is -2.35. The van der Waals surface area contributed by atoms with Crippen LogP contribution in [0.5, 0.6) is 0 Å². The van der Waals surface area contributed by atoms with Crippen LogP contribution in [0.2, 0.25) is 0 Å². The second-order valence-corrected chi connectivity index (χ2v) is 9.40. The lowest BCUT2D eigenvalue weighted by molar-refractivity contribution is -0.119. The van der Waals surface area contributed by atoms with Gasteiger partial charge in [0.1, 0.15) is 9.71 Å². The van der Waals surface area contributed by atoms with Gasteiger partial charge >= 0.3 is 5.97 Å². The zero-order valence-electron chi connectivity index (χ0n) is 19.4. The Kier molecular flexibility index (Phi) is 6.89. The maximum atomic E-state index is 12.6. The first kappa shape index (κ1) is 23.2. The van der Waals surface area contributed by atoms with Crippen molar-refractivity contribution >= 4 is 39.1 Å². The summed E-state index contributed by atoms with van der Waals surface area (Å²) < 4.78 is 12.5. The molecule has 0 aliphatic carbocycles. The number of para-hydroxylation sites is 1. The van der Waals surface area contributed by atoms with Gasteiger partial charge in [0.2, 0.25) is 0 Å². The summed E-state index contributed by atoms with van der Waals surface area (Å²) in [6, 6.07) is 19.2. The molecular weight excluding hydrogens is 464 g/mol. The van der Waals surface area contributed by atoms with E-state index in [0.717, 1.165) is 54.4 Å². The highest BCUT2D eigenvalue weighted by Gasteiger charge is 2.19. The van der Waals surface area contributed by atoms with Gasteiger partial charge in [0.05, 0.1) is 24.6 Å². The fraction of sp³-hybridized carbons (Fsp3) is 0.269. The molecule has 5 rings (SSSR count). The molecule has 4 aromatic rings. The molecule has 0 atom stereocenters. The average molecular weight is 491 g/mol. The quantitative estimate of drug-likeness (QED) is 0.394. The van der Waals surface area contributed by atoms with Crippen LogP contribution in [0.4, 0.5) is 5.69 Å². The molecule has 3 heterocycles. The number of thiophene rings is 1. The minimum Gasteiger partial charge on any atom is -0.451 e. The molecular formula is C26H26N4O4S. The summed E-state index contributed by atoms with van der Waals surface area (Å²) in [5.74, 6) is -0.909. The highest BCUT2D eigenvalue weighted by molar-refractivity contribution is 7.20. The normalized spacial score (nSPS) is 14.2. The number of carbonyl (C=O) groups excluding carboxylic acids is 2. The van der Waals surface area contributed by atoms with E-state index in [9.17, 15) is 9.59 Å². The number of fused-ring (bicyclic) bond motifs is 1. The number of esters is 1. The van der Waals surface area contributed by atoms with Gasteiger partial charge in [-0.05, 0) is 42.8 Å². The van der Waals surface area contributed by atoms with Crippen LogP contribution in [0.15, 0.2) is 60.7 Å². The number of nitrogens with one attached hydrogen (secondary N) is 1. The predicted molar refractivity (Wildman–Crippen MR) is 135 cm³/mol. The van der Waals surface area contributed by atoms with Gasteiger partial charge in [0.15, 0.2) is 6.61 Å². The van der Waals surface area contributed by atoms with E-state index in [2.05, 4.69) is 15.3 Å². The molecule has 1 aliphatic heterocycles. The molecule has 0 spiro atoms. The number of ether oxygens (including phenoxy) is 2. The zero-order chi connectivity index (χ0) is 24.2.